The minimum atomic E-state index is 0.599. The van der Waals surface area contributed by atoms with Gasteiger partial charge in [0, 0.05) is 64.1 Å². The zero-order chi connectivity index (χ0) is 37.5. The molecule has 4 aromatic heterocycles. The SMILES string of the molecule is c1ccc(-c2ccc3c4ccccc4n(-c4ccc(-c5nc(-c6ccc7sc8ccccc8c7c6)nc(-c6cccc7oc8ccccc8c67)n5)cc4)c3c2)cc1. The molecule has 0 unspecified atom stereocenters. The van der Waals surface area contributed by atoms with Gasteiger partial charge in [-0.3, -0.25) is 0 Å². The third kappa shape index (κ3) is 5.12. The van der Waals surface area contributed by atoms with Crippen molar-refractivity contribution in [1.82, 2.24) is 19.5 Å². The van der Waals surface area contributed by atoms with E-state index in [2.05, 4.69) is 156 Å². The quantitative estimate of drug-likeness (QED) is 0.176. The van der Waals surface area contributed by atoms with Crippen molar-refractivity contribution in [3.63, 3.8) is 0 Å². The van der Waals surface area contributed by atoms with E-state index in [9.17, 15) is 0 Å². The van der Waals surface area contributed by atoms with Crippen LogP contribution in [0.4, 0.5) is 0 Å². The lowest BCUT2D eigenvalue weighted by molar-refractivity contribution is 0.669. The molecule has 5 nitrogen and oxygen atoms in total. The van der Waals surface area contributed by atoms with Crippen molar-refractivity contribution < 1.29 is 4.42 Å². The zero-order valence-electron chi connectivity index (χ0n) is 30.4. The van der Waals surface area contributed by atoms with Gasteiger partial charge in [0.25, 0.3) is 0 Å². The second-order valence-electron chi connectivity index (χ2n) is 14.4. The van der Waals surface area contributed by atoms with Crippen LogP contribution in [0.1, 0.15) is 0 Å². The Morgan fingerprint density at radius 1 is 0.386 bits per heavy atom. The Morgan fingerprint density at radius 2 is 1.04 bits per heavy atom. The molecule has 0 aliphatic carbocycles. The Morgan fingerprint density at radius 3 is 1.91 bits per heavy atom. The van der Waals surface area contributed by atoms with E-state index in [0.717, 1.165) is 55.3 Å². The number of thiophene rings is 1. The molecule has 0 aliphatic heterocycles. The maximum absolute atomic E-state index is 6.29. The molecule has 0 saturated carbocycles. The fourth-order valence-corrected chi connectivity index (χ4v) is 9.49. The van der Waals surface area contributed by atoms with E-state index < -0.39 is 0 Å². The lowest BCUT2D eigenvalue weighted by Crippen LogP contribution is -2.01. The maximum Gasteiger partial charge on any atom is 0.164 e. The van der Waals surface area contributed by atoms with Gasteiger partial charge in [-0.15, -0.1) is 11.3 Å². The Hall–Kier alpha value is -7.41. The highest BCUT2D eigenvalue weighted by Crippen LogP contribution is 2.40. The predicted octanol–water partition coefficient (Wildman–Crippen LogP) is 13.9. The van der Waals surface area contributed by atoms with E-state index in [1.807, 2.05) is 30.3 Å². The molecule has 0 N–H and O–H groups in total. The molecule has 0 radical (unpaired) electrons. The molecule has 0 bridgehead atoms. The summed E-state index contributed by atoms with van der Waals surface area (Å²) in [5, 5.41) is 6.90. The van der Waals surface area contributed by atoms with Gasteiger partial charge in [0.1, 0.15) is 11.2 Å². The van der Waals surface area contributed by atoms with E-state index in [1.54, 1.807) is 11.3 Å². The number of hydrogen-bond acceptors (Lipinski definition) is 5. The number of benzene rings is 8. The first kappa shape index (κ1) is 31.9. The van der Waals surface area contributed by atoms with Crippen LogP contribution >= 0.6 is 11.3 Å². The number of hydrogen-bond donors (Lipinski definition) is 0. The molecule has 12 aromatic rings. The van der Waals surface area contributed by atoms with E-state index >= 15 is 0 Å². The number of furan rings is 1. The van der Waals surface area contributed by atoms with Crippen molar-refractivity contribution >= 4 is 75.3 Å². The Bertz CT molecular complexity index is 3520. The second-order valence-corrected chi connectivity index (χ2v) is 15.5. The average molecular weight is 747 g/mol. The third-order valence-corrected chi connectivity index (χ3v) is 12.2. The highest BCUT2D eigenvalue weighted by Gasteiger charge is 2.19. The van der Waals surface area contributed by atoms with Crippen LogP contribution in [0.25, 0.3) is 115 Å². The van der Waals surface area contributed by atoms with E-state index in [-0.39, 0.29) is 0 Å². The van der Waals surface area contributed by atoms with Gasteiger partial charge in [-0.2, -0.15) is 0 Å². The number of aromatic nitrogens is 4. The van der Waals surface area contributed by atoms with Gasteiger partial charge >= 0.3 is 0 Å². The maximum atomic E-state index is 6.29. The average Bonchev–Trinajstić information content (AvgIpc) is 3.96. The molecule has 0 aliphatic rings. The molecular weight excluding hydrogens is 717 g/mol. The molecule has 57 heavy (non-hydrogen) atoms. The van der Waals surface area contributed by atoms with Gasteiger partial charge in [0.05, 0.1) is 11.0 Å². The van der Waals surface area contributed by atoms with Crippen molar-refractivity contribution in [1.29, 1.82) is 0 Å². The molecule has 0 spiro atoms. The van der Waals surface area contributed by atoms with Crippen molar-refractivity contribution in [2.75, 3.05) is 0 Å². The molecule has 0 amide bonds. The van der Waals surface area contributed by atoms with Gasteiger partial charge in [-0.1, -0.05) is 109 Å². The molecule has 0 saturated heterocycles. The molecule has 6 heteroatoms. The first-order valence-corrected chi connectivity index (χ1v) is 19.8. The smallest absolute Gasteiger partial charge is 0.164 e. The van der Waals surface area contributed by atoms with E-state index in [0.29, 0.717) is 17.5 Å². The van der Waals surface area contributed by atoms with Gasteiger partial charge in [-0.05, 0) is 83.9 Å². The van der Waals surface area contributed by atoms with Crippen molar-refractivity contribution in [3.05, 3.63) is 182 Å². The first-order chi connectivity index (χ1) is 28.2. The summed E-state index contributed by atoms with van der Waals surface area (Å²) in [7, 11) is 0. The highest BCUT2D eigenvalue weighted by atomic mass is 32.1. The van der Waals surface area contributed by atoms with Crippen molar-refractivity contribution in [3.8, 4) is 51.0 Å². The van der Waals surface area contributed by atoms with Crippen LogP contribution in [-0.2, 0) is 0 Å². The van der Waals surface area contributed by atoms with Crippen LogP contribution in [0.15, 0.2) is 186 Å². The summed E-state index contributed by atoms with van der Waals surface area (Å²) in [4.78, 5) is 15.6. The molecule has 4 heterocycles. The highest BCUT2D eigenvalue weighted by molar-refractivity contribution is 7.25. The number of fused-ring (bicyclic) bond motifs is 9. The fourth-order valence-electron chi connectivity index (χ4n) is 8.40. The lowest BCUT2D eigenvalue weighted by atomic mass is 10.0. The van der Waals surface area contributed by atoms with Crippen molar-refractivity contribution in [2.45, 2.75) is 0 Å². The molecule has 8 aromatic carbocycles. The van der Waals surface area contributed by atoms with Crippen LogP contribution in [0.3, 0.4) is 0 Å². The second kappa shape index (κ2) is 12.6. The largest absolute Gasteiger partial charge is 0.456 e. The van der Waals surface area contributed by atoms with Crippen molar-refractivity contribution in [2.24, 2.45) is 0 Å². The van der Waals surface area contributed by atoms with Crippen LogP contribution < -0.4 is 0 Å². The minimum Gasteiger partial charge on any atom is -0.456 e. The fraction of sp³-hybridized carbons (Fsp3) is 0. The Kier molecular flexibility index (Phi) is 7.03. The van der Waals surface area contributed by atoms with Gasteiger partial charge in [0.2, 0.25) is 0 Å². The summed E-state index contributed by atoms with van der Waals surface area (Å²) in [5.74, 6) is 1.83. The summed E-state index contributed by atoms with van der Waals surface area (Å²) >= 11 is 1.80. The summed E-state index contributed by atoms with van der Waals surface area (Å²) in [6, 6.07) is 63.9. The molecule has 0 atom stereocenters. The standard InChI is InChI=1S/C51H30N4OS/c1-2-11-31(12-3-1)33-23-27-37-36-13-4-7-17-42(36)55(43(37)30-33)35-25-21-32(22-26-35)49-52-50(34-24-28-47-41(29-34)38-14-6-9-20-46(38)57-47)54-51(53-49)40-16-10-19-45-48(40)39-15-5-8-18-44(39)56-45/h1-30H. The number of nitrogens with zero attached hydrogens (tertiary/aromatic N) is 4. The van der Waals surface area contributed by atoms with Gasteiger partial charge < -0.3 is 8.98 Å². The summed E-state index contributed by atoms with van der Waals surface area (Å²) < 4.78 is 11.2. The van der Waals surface area contributed by atoms with Crippen LogP contribution in [0.5, 0.6) is 0 Å². The van der Waals surface area contributed by atoms with Gasteiger partial charge in [-0.25, -0.2) is 15.0 Å². The Balaban J connectivity index is 1.04. The van der Waals surface area contributed by atoms with Crippen LogP contribution in [0, 0.1) is 0 Å². The summed E-state index contributed by atoms with van der Waals surface area (Å²) in [6.45, 7) is 0. The molecule has 266 valence electrons. The number of rotatable bonds is 5. The van der Waals surface area contributed by atoms with Crippen LogP contribution in [-0.4, -0.2) is 19.5 Å². The Labute approximate surface area is 330 Å². The predicted molar refractivity (Wildman–Crippen MR) is 236 cm³/mol. The molecular formula is C51H30N4OS. The zero-order valence-corrected chi connectivity index (χ0v) is 31.2. The molecule has 12 rings (SSSR count). The van der Waals surface area contributed by atoms with Crippen LogP contribution in [0.2, 0.25) is 0 Å². The topological polar surface area (TPSA) is 56.7 Å². The molecule has 0 fully saturated rings. The first-order valence-electron chi connectivity index (χ1n) is 19.0. The summed E-state index contributed by atoms with van der Waals surface area (Å²) in [5.41, 5.74) is 10.1. The normalized spacial score (nSPS) is 11.9. The minimum absolute atomic E-state index is 0.599. The monoisotopic (exact) mass is 746 g/mol. The summed E-state index contributed by atoms with van der Waals surface area (Å²) in [6.07, 6.45) is 0. The number of para-hydroxylation sites is 2. The lowest BCUT2D eigenvalue weighted by Gasteiger charge is -2.12. The van der Waals surface area contributed by atoms with E-state index in [4.69, 9.17) is 19.4 Å². The van der Waals surface area contributed by atoms with Gasteiger partial charge in [0.15, 0.2) is 17.5 Å². The van der Waals surface area contributed by atoms with E-state index in [1.165, 1.54) is 42.1 Å². The third-order valence-electron chi connectivity index (χ3n) is 11.1.